The minimum atomic E-state index is -0.369. The molecule has 0 N–H and O–H groups in total. The van der Waals surface area contributed by atoms with E-state index in [4.69, 9.17) is 0 Å². The van der Waals surface area contributed by atoms with Crippen molar-refractivity contribution >= 4 is 12.0 Å². The second-order valence-corrected chi connectivity index (χ2v) is 3.86. The van der Waals surface area contributed by atoms with Crippen LogP contribution in [0.25, 0.3) is 0 Å². The normalized spacial score (nSPS) is 12.2. The Balaban J connectivity index is 3.13. The molecule has 1 unspecified atom stereocenters. The van der Waals surface area contributed by atoms with Gasteiger partial charge in [0.05, 0.1) is 0 Å². The van der Waals surface area contributed by atoms with E-state index in [1.165, 1.54) is 12.1 Å². The van der Waals surface area contributed by atoms with Crippen molar-refractivity contribution in [1.82, 2.24) is 0 Å². The molecule has 1 aromatic rings. The number of hydrogen-bond donors (Lipinski definition) is 0. The average molecular weight is 223 g/mol. The monoisotopic (exact) mass is 223 g/mol. The summed E-state index contributed by atoms with van der Waals surface area (Å²) in [5.41, 5.74) is 1.23. The van der Waals surface area contributed by atoms with Crippen molar-refractivity contribution in [2.24, 2.45) is 0 Å². The molecular formula is C13H18FNO. The van der Waals surface area contributed by atoms with Crippen LogP contribution >= 0.6 is 0 Å². The van der Waals surface area contributed by atoms with E-state index in [0.717, 1.165) is 18.7 Å². The molecule has 0 aliphatic carbocycles. The molecule has 0 spiro atoms. The van der Waals surface area contributed by atoms with Crippen LogP contribution in [0, 0.1) is 5.82 Å². The first-order chi connectivity index (χ1) is 7.63. The number of benzene rings is 1. The van der Waals surface area contributed by atoms with E-state index >= 15 is 0 Å². The lowest BCUT2D eigenvalue weighted by Crippen LogP contribution is -2.33. The molecule has 0 aliphatic heterocycles. The highest BCUT2D eigenvalue weighted by atomic mass is 19.1. The number of nitrogens with zero attached hydrogens (tertiary/aromatic N) is 1. The Hall–Kier alpha value is -1.38. The SMILES string of the molecule is CCC(C)N(CC)c1ccc(F)cc1C=O. The van der Waals surface area contributed by atoms with Crippen molar-refractivity contribution in [1.29, 1.82) is 0 Å². The molecule has 0 fully saturated rings. The van der Waals surface area contributed by atoms with Crippen molar-refractivity contribution in [3.8, 4) is 0 Å². The van der Waals surface area contributed by atoms with Crippen LogP contribution in [-0.4, -0.2) is 18.9 Å². The zero-order chi connectivity index (χ0) is 12.1. The van der Waals surface area contributed by atoms with Crippen LogP contribution in [-0.2, 0) is 0 Å². The zero-order valence-electron chi connectivity index (χ0n) is 10.0. The molecule has 0 bridgehead atoms. The molecular weight excluding hydrogens is 205 g/mol. The van der Waals surface area contributed by atoms with Gasteiger partial charge < -0.3 is 4.90 Å². The first-order valence-corrected chi connectivity index (χ1v) is 5.65. The standard InChI is InChI=1S/C13H18FNO/c1-4-10(3)15(5-2)13-7-6-12(14)8-11(13)9-16/h6-10H,4-5H2,1-3H3. The highest BCUT2D eigenvalue weighted by Crippen LogP contribution is 2.23. The number of carbonyl (C=O) groups is 1. The van der Waals surface area contributed by atoms with Crippen LogP contribution in [0.1, 0.15) is 37.6 Å². The van der Waals surface area contributed by atoms with Crippen LogP contribution in [0.2, 0.25) is 0 Å². The highest BCUT2D eigenvalue weighted by molar-refractivity contribution is 5.84. The Morgan fingerprint density at radius 3 is 2.62 bits per heavy atom. The average Bonchev–Trinajstić information content (AvgIpc) is 2.31. The van der Waals surface area contributed by atoms with Gasteiger partial charge in [-0.2, -0.15) is 0 Å². The van der Waals surface area contributed by atoms with Crippen molar-refractivity contribution in [2.45, 2.75) is 33.2 Å². The van der Waals surface area contributed by atoms with Gasteiger partial charge in [-0.1, -0.05) is 6.92 Å². The lowest BCUT2D eigenvalue weighted by Gasteiger charge is -2.30. The van der Waals surface area contributed by atoms with Crippen molar-refractivity contribution in [3.05, 3.63) is 29.6 Å². The number of anilines is 1. The molecule has 1 rings (SSSR count). The molecule has 1 aromatic carbocycles. The summed E-state index contributed by atoms with van der Waals surface area (Å²) in [6.45, 7) is 7.03. The fourth-order valence-corrected chi connectivity index (χ4v) is 1.82. The highest BCUT2D eigenvalue weighted by Gasteiger charge is 2.14. The summed E-state index contributed by atoms with van der Waals surface area (Å²) in [7, 11) is 0. The molecule has 2 nitrogen and oxygen atoms in total. The molecule has 3 heteroatoms. The molecule has 0 aliphatic rings. The van der Waals surface area contributed by atoms with Gasteiger partial charge in [0, 0.05) is 23.8 Å². The maximum absolute atomic E-state index is 13.0. The summed E-state index contributed by atoms with van der Waals surface area (Å²) in [6.07, 6.45) is 1.70. The number of hydrogen-bond acceptors (Lipinski definition) is 2. The molecule has 0 saturated carbocycles. The third kappa shape index (κ3) is 2.60. The fraction of sp³-hybridized carbons (Fsp3) is 0.462. The second kappa shape index (κ2) is 5.64. The maximum Gasteiger partial charge on any atom is 0.152 e. The van der Waals surface area contributed by atoms with Gasteiger partial charge in [-0.15, -0.1) is 0 Å². The molecule has 1 atom stereocenters. The van der Waals surface area contributed by atoms with Crippen LogP contribution in [0.5, 0.6) is 0 Å². The van der Waals surface area contributed by atoms with Crippen LogP contribution in [0.15, 0.2) is 18.2 Å². The predicted molar refractivity (Wildman–Crippen MR) is 64.6 cm³/mol. The Bertz CT molecular complexity index is 365. The largest absolute Gasteiger partial charge is 0.369 e. The van der Waals surface area contributed by atoms with Gasteiger partial charge in [0.15, 0.2) is 6.29 Å². The molecule has 0 amide bonds. The second-order valence-electron chi connectivity index (χ2n) is 3.86. The van der Waals surface area contributed by atoms with E-state index < -0.39 is 0 Å². The van der Waals surface area contributed by atoms with Crippen LogP contribution < -0.4 is 4.90 Å². The fourth-order valence-electron chi connectivity index (χ4n) is 1.82. The summed E-state index contributed by atoms with van der Waals surface area (Å²) < 4.78 is 13.0. The Morgan fingerprint density at radius 2 is 2.12 bits per heavy atom. The van der Waals surface area contributed by atoms with Crippen LogP contribution in [0.3, 0.4) is 0 Å². The minimum Gasteiger partial charge on any atom is -0.369 e. The van der Waals surface area contributed by atoms with Gasteiger partial charge in [-0.3, -0.25) is 4.79 Å². The molecule has 0 radical (unpaired) electrons. The maximum atomic E-state index is 13.0. The topological polar surface area (TPSA) is 20.3 Å². The van der Waals surface area contributed by atoms with Crippen molar-refractivity contribution < 1.29 is 9.18 Å². The third-order valence-electron chi connectivity index (χ3n) is 2.89. The van der Waals surface area contributed by atoms with E-state index in [1.54, 1.807) is 6.07 Å². The van der Waals surface area contributed by atoms with Crippen molar-refractivity contribution in [2.75, 3.05) is 11.4 Å². The predicted octanol–water partition coefficient (Wildman–Crippen LogP) is 3.26. The lowest BCUT2D eigenvalue weighted by atomic mass is 10.1. The first kappa shape index (κ1) is 12.7. The summed E-state index contributed by atoms with van der Waals surface area (Å²) in [6, 6.07) is 4.70. The Labute approximate surface area is 96.1 Å². The molecule has 88 valence electrons. The molecule has 0 heterocycles. The molecule has 0 saturated heterocycles. The quantitative estimate of drug-likeness (QED) is 0.714. The van der Waals surface area contributed by atoms with Gasteiger partial charge in [-0.05, 0) is 38.5 Å². The number of halogens is 1. The number of rotatable bonds is 5. The lowest BCUT2D eigenvalue weighted by molar-refractivity contribution is 0.112. The zero-order valence-corrected chi connectivity index (χ0v) is 10.0. The smallest absolute Gasteiger partial charge is 0.152 e. The van der Waals surface area contributed by atoms with E-state index in [1.807, 2.05) is 6.92 Å². The van der Waals surface area contributed by atoms with Gasteiger partial charge >= 0.3 is 0 Å². The van der Waals surface area contributed by atoms with E-state index in [-0.39, 0.29) is 5.82 Å². The summed E-state index contributed by atoms with van der Waals surface area (Å²) in [5.74, 6) is -0.369. The van der Waals surface area contributed by atoms with Gasteiger partial charge in [0.2, 0.25) is 0 Å². The number of carbonyl (C=O) groups excluding carboxylic acids is 1. The molecule has 0 aromatic heterocycles. The van der Waals surface area contributed by atoms with Crippen molar-refractivity contribution in [3.63, 3.8) is 0 Å². The Morgan fingerprint density at radius 1 is 1.44 bits per heavy atom. The number of aldehydes is 1. The van der Waals surface area contributed by atoms with Crippen LogP contribution in [0.4, 0.5) is 10.1 Å². The first-order valence-electron chi connectivity index (χ1n) is 5.65. The van der Waals surface area contributed by atoms with E-state index in [0.29, 0.717) is 17.9 Å². The Kier molecular flexibility index (Phi) is 4.47. The summed E-state index contributed by atoms with van der Waals surface area (Å²) in [5, 5.41) is 0. The van der Waals surface area contributed by atoms with Gasteiger partial charge in [-0.25, -0.2) is 4.39 Å². The summed E-state index contributed by atoms with van der Waals surface area (Å²) >= 11 is 0. The van der Waals surface area contributed by atoms with Gasteiger partial charge in [0.1, 0.15) is 5.82 Å². The van der Waals surface area contributed by atoms with Gasteiger partial charge in [0.25, 0.3) is 0 Å². The van der Waals surface area contributed by atoms with E-state index in [2.05, 4.69) is 18.7 Å². The van der Waals surface area contributed by atoms with E-state index in [9.17, 15) is 9.18 Å². The molecule has 16 heavy (non-hydrogen) atoms. The minimum absolute atomic E-state index is 0.342. The third-order valence-corrected chi connectivity index (χ3v) is 2.89. The summed E-state index contributed by atoms with van der Waals surface area (Å²) in [4.78, 5) is 13.0.